The van der Waals surface area contributed by atoms with Crippen LogP contribution in [0.15, 0.2) is 48.8 Å². The van der Waals surface area contributed by atoms with Gasteiger partial charge in [0.15, 0.2) is 5.82 Å². The van der Waals surface area contributed by atoms with Crippen LogP contribution in [0.3, 0.4) is 0 Å². The van der Waals surface area contributed by atoms with Crippen LogP contribution in [0.4, 0.5) is 5.82 Å². The van der Waals surface area contributed by atoms with Crippen molar-refractivity contribution in [2.45, 2.75) is 37.9 Å². The van der Waals surface area contributed by atoms with E-state index >= 15 is 0 Å². The number of carbonyl (C=O) groups is 1. The summed E-state index contributed by atoms with van der Waals surface area (Å²) in [5.74, 6) is 0.191. The van der Waals surface area contributed by atoms with E-state index < -0.39 is 5.60 Å². The third kappa shape index (κ3) is 3.50. The predicted molar refractivity (Wildman–Crippen MR) is 100.0 cm³/mol. The summed E-state index contributed by atoms with van der Waals surface area (Å²) in [6.07, 6.45) is 3.18. The molecule has 0 bridgehead atoms. The molecular weight excluding hydrogens is 344 g/mol. The van der Waals surface area contributed by atoms with E-state index in [9.17, 15) is 4.79 Å². The quantitative estimate of drug-likeness (QED) is 0.698. The van der Waals surface area contributed by atoms with Crippen molar-refractivity contribution in [3.63, 3.8) is 0 Å². The molecule has 1 fully saturated rings. The summed E-state index contributed by atoms with van der Waals surface area (Å²) in [4.78, 5) is 16.1. The van der Waals surface area contributed by atoms with Gasteiger partial charge in [0.1, 0.15) is 24.1 Å². The number of nitrogens with two attached hydrogens (primary N) is 1. The van der Waals surface area contributed by atoms with Gasteiger partial charge < -0.3 is 15.2 Å². The van der Waals surface area contributed by atoms with Crippen molar-refractivity contribution in [2.75, 3.05) is 12.3 Å². The van der Waals surface area contributed by atoms with Crippen LogP contribution in [0.5, 0.6) is 0 Å². The van der Waals surface area contributed by atoms with Crippen LogP contribution in [0.25, 0.3) is 5.52 Å². The molecule has 0 spiro atoms. The second-order valence-corrected chi connectivity index (χ2v) is 7.02. The van der Waals surface area contributed by atoms with E-state index in [1.165, 1.54) is 6.33 Å². The van der Waals surface area contributed by atoms with E-state index in [-0.39, 0.29) is 25.1 Å². The van der Waals surface area contributed by atoms with Gasteiger partial charge in [-0.25, -0.2) is 9.50 Å². The third-order valence-corrected chi connectivity index (χ3v) is 5.02. The van der Waals surface area contributed by atoms with Gasteiger partial charge in [-0.15, -0.1) is 0 Å². The minimum atomic E-state index is -0.510. The molecule has 1 aliphatic heterocycles. The zero-order chi connectivity index (χ0) is 18.9. The Bertz CT molecular complexity index is 956. The summed E-state index contributed by atoms with van der Waals surface area (Å²) < 4.78 is 13.4. The van der Waals surface area contributed by atoms with Gasteiger partial charge in [0.25, 0.3) is 0 Å². The lowest BCUT2D eigenvalue weighted by Crippen LogP contribution is -2.27. The van der Waals surface area contributed by atoms with Crippen molar-refractivity contribution in [3.05, 3.63) is 60.0 Å². The van der Waals surface area contributed by atoms with E-state index in [1.54, 1.807) is 4.52 Å². The number of hydrogen-bond acceptors (Lipinski definition) is 6. The molecule has 4 rings (SSSR count). The number of benzene rings is 1. The molecule has 2 N–H and O–H groups in total. The average molecular weight is 366 g/mol. The highest BCUT2D eigenvalue weighted by molar-refractivity contribution is 5.72. The third-order valence-electron chi connectivity index (χ3n) is 5.02. The zero-order valence-electron chi connectivity index (χ0n) is 15.2. The molecule has 27 heavy (non-hydrogen) atoms. The molecule has 1 aliphatic rings. The normalized spacial score (nSPS) is 22.2. The van der Waals surface area contributed by atoms with Gasteiger partial charge in [0, 0.05) is 0 Å². The molecule has 7 heteroatoms. The lowest BCUT2D eigenvalue weighted by molar-refractivity contribution is -0.149. The Labute approximate surface area is 157 Å². The average Bonchev–Trinajstić information content (AvgIpc) is 3.26. The van der Waals surface area contributed by atoms with E-state index in [4.69, 9.17) is 15.2 Å². The molecule has 0 unspecified atom stereocenters. The first-order valence-electron chi connectivity index (χ1n) is 9.01. The lowest BCUT2D eigenvalue weighted by atomic mass is 9.98. The molecular formula is C20H22N4O3. The van der Waals surface area contributed by atoms with Crippen molar-refractivity contribution < 1.29 is 14.3 Å². The summed E-state index contributed by atoms with van der Waals surface area (Å²) in [5.41, 5.74) is 8.02. The number of nitrogens with zero attached hydrogens (tertiary/aromatic N) is 3. The Hall–Kier alpha value is -2.93. The van der Waals surface area contributed by atoms with Gasteiger partial charge in [0.05, 0.1) is 18.2 Å². The minimum Gasteiger partial charge on any atom is -0.463 e. The smallest absolute Gasteiger partial charge is 0.310 e. The van der Waals surface area contributed by atoms with E-state index in [1.807, 2.05) is 49.4 Å². The number of anilines is 1. The maximum Gasteiger partial charge on any atom is 0.310 e. The summed E-state index contributed by atoms with van der Waals surface area (Å²) >= 11 is 0. The maximum absolute atomic E-state index is 12.1. The second-order valence-electron chi connectivity index (χ2n) is 7.02. The molecule has 2 aromatic heterocycles. The second kappa shape index (κ2) is 7.00. The van der Waals surface area contributed by atoms with E-state index in [2.05, 4.69) is 10.1 Å². The number of esters is 1. The highest BCUT2D eigenvalue weighted by Gasteiger charge is 2.40. The molecule has 0 aliphatic carbocycles. The maximum atomic E-state index is 12.1. The zero-order valence-corrected chi connectivity index (χ0v) is 15.2. The molecule has 3 aromatic rings. The highest BCUT2D eigenvalue weighted by Crippen LogP contribution is 2.39. The summed E-state index contributed by atoms with van der Waals surface area (Å²) in [6, 6.07) is 13.4. The van der Waals surface area contributed by atoms with Gasteiger partial charge in [-0.3, -0.25) is 4.79 Å². The number of nitrogen functional groups attached to an aromatic ring is 1. The van der Waals surface area contributed by atoms with Crippen LogP contribution in [0.1, 0.15) is 31.0 Å². The Kier molecular flexibility index (Phi) is 4.53. The fourth-order valence-electron chi connectivity index (χ4n) is 3.58. The van der Waals surface area contributed by atoms with Crippen LogP contribution in [0, 0.1) is 0 Å². The Balaban J connectivity index is 1.39. The van der Waals surface area contributed by atoms with Crippen molar-refractivity contribution in [1.29, 1.82) is 0 Å². The molecule has 140 valence electrons. The molecule has 7 nitrogen and oxygen atoms in total. The van der Waals surface area contributed by atoms with Gasteiger partial charge >= 0.3 is 5.97 Å². The van der Waals surface area contributed by atoms with Crippen LogP contribution >= 0.6 is 0 Å². The first-order valence-corrected chi connectivity index (χ1v) is 9.01. The number of aromatic nitrogens is 3. The molecule has 2 atom stereocenters. The molecule has 1 saturated heterocycles. The van der Waals surface area contributed by atoms with Gasteiger partial charge in [-0.2, -0.15) is 5.10 Å². The number of fused-ring (bicyclic) bond motifs is 1. The van der Waals surface area contributed by atoms with Gasteiger partial charge in [-0.1, -0.05) is 30.3 Å². The Morgan fingerprint density at radius 1 is 1.33 bits per heavy atom. The lowest BCUT2D eigenvalue weighted by Gasteiger charge is -2.24. The summed E-state index contributed by atoms with van der Waals surface area (Å²) in [5, 5.41) is 4.30. The predicted octanol–water partition coefficient (Wildman–Crippen LogP) is 2.49. The number of ether oxygens (including phenoxy) is 2. The standard InChI is InChI=1S/C20H22N4O3/c1-20(17-8-7-16-19(21)22-13-23-24(16)17)10-9-15(27-20)12-26-18(25)11-14-5-3-2-4-6-14/h2-8,13,15H,9-12H2,1H3,(H2,21,22,23)/t15-,20+/m0/s1. The van der Waals surface area contributed by atoms with E-state index in [0.717, 1.165) is 29.6 Å². The van der Waals surface area contributed by atoms with Crippen LogP contribution in [-0.2, 0) is 26.3 Å². The van der Waals surface area contributed by atoms with Crippen molar-refractivity contribution in [1.82, 2.24) is 14.6 Å². The van der Waals surface area contributed by atoms with Crippen LogP contribution < -0.4 is 5.73 Å². The van der Waals surface area contributed by atoms with Crippen molar-refractivity contribution in [3.8, 4) is 0 Å². The molecule has 0 amide bonds. The fraction of sp³-hybridized carbons (Fsp3) is 0.350. The number of hydrogen-bond donors (Lipinski definition) is 1. The SMILES string of the molecule is C[C@]1(c2ccc3c(N)ncnn23)CC[C@@H](COC(=O)Cc2ccccc2)O1. The van der Waals surface area contributed by atoms with Gasteiger partial charge in [-0.05, 0) is 37.5 Å². The highest BCUT2D eigenvalue weighted by atomic mass is 16.6. The van der Waals surface area contributed by atoms with Crippen LogP contribution in [0.2, 0.25) is 0 Å². The van der Waals surface area contributed by atoms with Crippen LogP contribution in [-0.4, -0.2) is 33.3 Å². The molecule has 1 aromatic carbocycles. The largest absolute Gasteiger partial charge is 0.463 e. The topological polar surface area (TPSA) is 91.7 Å². The number of carbonyl (C=O) groups excluding carboxylic acids is 1. The van der Waals surface area contributed by atoms with E-state index in [0.29, 0.717) is 5.82 Å². The monoisotopic (exact) mass is 366 g/mol. The first kappa shape index (κ1) is 17.5. The number of rotatable bonds is 5. The van der Waals surface area contributed by atoms with Crippen molar-refractivity contribution in [2.24, 2.45) is 0 Å². The molecule has 3 heterocycles. The summed E-state index contributed by atoms with van der Waals surface area (Å²) in [6.45, 7) is 2.28. The Morgan fingerprint density at radius 3 is 2.96 bits per heavy atom. The van der Waals surface area contributed by atoms with Crippen molar-refractivity contribution >= 4 is 17.3 Å². The molecule has 0 radical (unpaired) electrons. The molecule has 0 saturated carbocycles. The Morgan fingerprint density at radius 2 is 2.15 bits per heavy atom. The van der Waals surface area contributed by atoms with Gasteiger partial charge in [0.2, 0.25) is 0 Å². The first-order chi connectivity index (χ1) is 13.0. The minimum absolute atomic E-state index is 0.139. The summed E-state index contributed by atoms with van der Waals surface area (Å²) in [7, 11) is 0. The fourth-order valence-corrected chi connectivity index (χ4v) is 3.58.